The van der Waals surface area contributed by atoms with Crippen molar-refractivity contribution in [2.75, 3.05) is 0 Å². The van der Waals surface area contributed by atoms with Crippen LogP contribution in [0.4, 0.5) is 0 Å². The Morgan fingerprint density at radius 1 is 1.21 bits per heavy atom. The topological polar surface area (TPSA) is 26.0 Å². The van der Waals surface area contributed by atoms with Gasteiger partial charge in [0, 0.05) is 5.56 Å². The second kappa shape index (κ2) is 2.96. The molecular weight excluding hydrogens is 194 g/mol. The fourth-order valence-electron chi connectivity index (χ4n) is 1.45. The van der Waals surface area contributed by atoms with Crippen LogP contribution in [0.25, 0.3) is 21.5 Å². The molecule has 68 valence electrons. The molecule has 14 heavy (non-hydrogen) atoms. The molecule has 0 atom stereocenters. The van der Waals surface area contributed by atoms with Crippen molar-refractivity contribution in [3.8, 4) is 11.3 Å². The van der Waals surface area contributed by atoms with E-state index in [1.54, 1.807) is 17.6 Å². The SMILES string of the molecule is c1coc(-c2ccc3scnc3c2)c1. The van der Waals surface area contributed by atoms with Crippen molar-refractivity contribution >= 4 is 21.6 Å². The summed E-state index contributed by atoms with van der Waals surface area (Å²) in [4.78, 5) is 4.27. The second-order valence-electron chi connectivity index (χ2n) is 3.01. The Labute approximate surface area is 84.8 Å². The molecule has 0 saturated heterocycles. The first-order valence-corrected chi connectivity index (χ1v) is 5.18. The molecule has 0 unspecified atom stereocenters. The smallest absolute Gasteiger partial charge is 0.133 e. The monoisotopic (exact) mass is 201 g/mol. The van der Waals surface area contributed by atoms with E-state index in [4.69, 9.17) is 4.42 Å². The quantitative estimate of drug-likeness (QED) is 0.601. The molecule has 2 nitrogen and oxygen atoms in total. The van der Waals surface area contributed by atoms with Crippen LogP contribution in [0.3, 0.4) is 0 Å². The highest BCUT2D eigenvalue weighted by molar-refractivity contribution is 7.16. The van der Waals surface area contributed by atoms with Gasteiger partial charge in [-0.2, -0.15) is 0 Å². The number of nitrogens with zero attached hydrogens (tertiary/aromatic N) is 1. The predicted octanol–water partition coefficient (Wildman–Crippen LogP) is 3.56. The van der Waals surface area contributed by atoms with E-state index in [9.17, 15) is 0 Å². The van der Waals surface area contributed by atoms with Crippen LogP contribution < -0.4 is 0 Å². The number of thiazole rings is 1. The normalized spacial score (nSPS) is 10.9. The highest BCUT2D eigenvalue weighted by Gasteiger charge is 2.02. The highest BCUT2D eigenvalue weighted by Crippen LogP contribution is 2.25. The third-order valence-corrected chi connectivity index (χ3v) is 2.95. The second-order valence-corrected chi connectivity index (χ2v) is 3.90. The molecule has 0 fully saturated rings. The van der Waals surface area contributed by atoms with Gasteiger partial charge in [0.1, 0.15) is 5.76 Å². The number of rotatable bonds is 1. The molecule has 0 saturated carbocycles. The maximum Gasteiger partial charge on any atom is 0.133 e. The molecule has 0 aliphatic heterocycles. The van der Waals surface area contributed by atoms with Gasteiger partial charge in [-0.1, -0.05) is 0 Å². The minimum Gasteiger partial charge on any atom is -0.464 e. The zero-order chi connectivity index (χ0) is 9.38. The molecule has 0 aliphatic carbocycles. The molecule has 2 heterocycles. The summed E-state index contributed by atoms with van der Waals surface area (Å²) >= 11 is 1.65. The zero-order valence-corrected chi connectivity index (χ0v) is 8.12. The van der Waals surface area contributed by atoms with Gasteiger partial charge in [-0.15, -0.1) is 11.3 Å². The Kier molecular flexibility index (Phi) is 1.64. The summed E-state index contributed by atoms with van der Waals surface area (Å²) in [6, 6.07) is 10.0. The first kappa shape index (κ1) is 7.76. The maximum atomic E-state index is 5.32. The molecule has 2 aromatic heterocycles. The van der Waals surface area contributed by atoms with E-state index in [2.05, 4.69) is 17.1 Å². The van der Waals surface area contributed by atoms with Gasteiger partial charge in [0.25, 0.3) is 0 Å². The van der Waals surface area contributed by atoms with Crippen LogP contribution in [0.2, 0.25) is 0 Å². The summed E-state index contributed by atoms with van der Waals surface area (Å²) in [5.74, 6) is 0.889. The van der Waals surface area contributed by atoms with E-state index in [1.807, 2.05) is 23.7 Å². The Hall–Kier alpha value is -1.61. The van der Waals surface area contributed by atoms with Crippen LogP contribution in [0.5, 0.6) is 0 Å². The average Bonchev–Trinajstić information content (AvgIpc) is 2.88. The lowest BCUT2D eigenvalue weighted by Gasteiger charge is -1.95. The Morgan fingerprint density at radius 3 is 3.07 bits per heavy atom. The van der Waals surface area contributed by atoms with Crippen molar-refractivity contribution in [3.63, 3.8) is 0 Å². The van der Waals surface area contributed by atoms with Gasteiger partial charge in [-0.25, -0.2) is 4.98 Å². The minimum absolute atomic E-state index is 0.889. The maximum absolute atomic E-state index is 5.32. The van der Waals surface area contributed by atoms with Crippen LogP contribution in [0.15, 0.2) is 46.5 Å². The number of aromatic nitrogens is 1. The molecule has 0 amide bonds. The Morgan fingerprint density at radius 2 is 2.21 bits per heavy atom. The van der Waals surface area contributed by atoms with Crippen molar-refractivity contribution < 1.29 is 4.42 Å². The molecular formula is C11H7NOS. The van der Waals surface area contributed by atoms with E-state index in [0.717, 1.165) is 16.8 Å². The van der Waals surface area contributed by atoms with E-state index in [-0.39, 0.29) is 0 Å². The summed E-state index contributed by atoms with van der Waals surface area (Å²) < 4.78 is 6.53. The fraction of sp³-hybridized carbons (Fsp3) is 0. The van der Waals surface area contributed by atoms with Gasteiger partial charge in [-0.05, 0) is 30.3 Å². The van der Waals surface area contributed by atoms with Gasteiger partial charge in [0.2, 0.25) is 0 Å². The van der Waals surface area contributed by atoms with Gasteiger partial charge >= 0.3 is 0 Å². The molecule has 0 aliphatic rings. The molecule has 3 rings (SSSR count). The van der Waals surface area contributed by atoms with Crippen molar-refractivity contribution in [1.29, 1.82) is 0 Å². The van der Waals surface area contributed by atoms with Gasteiger partial charge in [-0.3, -0.25) is 0 Å². The summed E-state index contributed by atoms with van der Waals surface area (Å²) in [6.07, 6.45) is 1.68. The average molecular weight is 201 g/mol. The van der Waals surface area contributed by atoms with Crippen LogP contribution in [-0.2, 0) is 0 Å². The fourth-order valence-corrected chi connectivity index (χ4v) is 2.11. The molecule has 1 aromatic carbocycles. The van der Waals surface area contributed by atoms with Crippen molar-refractivity contribution in [1.82, 2.24) is 4.98 Å². The molecule has 0 radical (unpaired) electrons. The summed E-state index contributed by atoms with van der Waals surface area (Å²) in [6.45, 7) is 0. The van der Waals surface area contributed by atoms with Crippen molar-refractivity contribution in [2.24, 2.45) is 0 Å². The summed E-state index contributed by atoms with van der Waals surface area (Å²) in [7, 11) is 0. The number of benzene rings is 1. The lowest BCUT2D eigenvalue weighted by atomic mass is 10.1. The van der Waals surface area contributed by atoms with Crippen molar-refractivity contribution in [3.05, 3.63) is 42.1 Å². The summed E-state index contributed by atoms with van der Waals surface area (Å²) in [5, 5.41) is 0. The first-order chi connectivity index (χ1) is 6.93. The van der Waals surface area contributed by atoms with E-state index in [1.165, 1.54) is 4.70 Å². The highest BCUT2D eigenvalue weighted by atomic mass is 32.1. The van der Waals surface area contributed by atoms with E-state index < -0.39 is 0 Å². The standard InChI is InChI=1S/C11H7NOS/c1-2-10(13-5-1)8-3-4-11-9(6-8)12-7-14-11/h1-7H. The first-order valence-electron chi connectivity index (χ1n) is 4.30. The van der Waals surface area contributed by atoms with Crippen LogP contribution in [-0.4, -0.2) is 4.98 Å². The lowest BCUT2D eigenvalue weighted by Crippen LogP contribution is -1.73. The Balaban J connectivity index is 2.23. The third kappa shape index (κ3) is 1.14. The third-order valence-electron chi connectivity index (χ3n) is 2.14. The van der Waals surface area contributed by atoms with Gasteiger partial charge in [0.15, 0.2) is 0 Å². The Bertz CT molecular complexity index is 553. The number of hydrogen-bond donors (Lipinski definition) is 0. The van der Waals surface area contributed by atoms with E-state index >= 15 is 0 Å². The van der Waals surface area contributed by atoms with Gasteiger partial charge in [0.05, 0.1) is 22.0 Å². The number of furan rings is 1. The summed E-state index contributed by atoms with van der Waals surface area (Å²) in [5.41, 5.74) is 3.97. The molecule has 0 spiro atoms. The zero-order valence-electron chi connectivity index (χ0n) is 7.31. The van der Waals surface area contributed by atoms with Gasteiger partial charge < -0.3 is 4.42 Å². The minimum atomic E-state index is 0.889. The number of hydrogen-bond acceptors (Lipinski definition) is 3. The molecule has 3 heteroatoms. The molecule has 0 N–H and O–H groups in total. The van der Waals surface area contributed by atoms with Crippen LogP contribution in [0.1, 0.15) is 0 Å². The molecule has 3 aromatic rings. The molecule has 0 bridgehead atoms. The largest absolute Gasteiger partial charge is 0.464 e. The predicted molar refractivity (Wildman–Crippen MR) is 57.3 cm³/mol. The lowest BCUT2D eigenvalue weighted by molar-refractivity contribution is 0.582. The van der Waals surface area contributed by atoms with E-state index in [0.29, 0.717) is 0 Å². The number of fused-ring (bicyclic) bond motifs is 1. The van der Waals surface area contributed by atoms with Crippen LogP contribution >= 0.6 is 11.3 Å². The van der Waals surface area contributed by atoms with Crippen LogP contribution in [0, 0.1) is 0 Å². The van der Waals surface area contributed by atoms with Crippen molar-refractivity contribution in [2.45, 2.75) is 0 Å².